The van der Waals surface area contributed by atoms with Crippen molar-refractivity contribution in [1.82, 2.24) is 15.0 Å². The molecular formula is C20H17N3O2S. The van der Waals surface area contributed by atoms with E-state index in [2.05, 4.69) is 41.1 Å². The quantitative estimate of drug-likeness (QED) is 0.546. The van der Waals surface area contributed by atoms with E-state index in [-0.39, 0.29) is 0 Å². The topological polar surface area (TPSA) is 49.2 Å². The van der Waals surface area contributed by atoms with Gasteiger partial charge >= 0.3 is 0 Å². The molecule has 0 saturated carbocycles. The maximum Gasteiger partial charge on any atom is 0.148 e. The minimum absolute atomic E-state index is 0.555. The number of hydrogen-bond acceptors (Lipinski definition) is 5. The normalized spacial score (nSPS) is 10.9. The number of benzene rings is 3. The number of ether oxygens (including phenoxy) is 2. The summed E-state index contributed by atoms with van der Waals surface area (Å²) in [5.74, 6) is 1.35. The van der Waals surface area contributed by atoms with Crippen LogP contribution in [0.4, 0.5) is 0 Å². The Hall–Kier alpha value is -2.99. The van der Waals surface area contributed by atoms with E-state index >= 15 is 0 Å². The Labute approximate surface area is 156 Å². The zero-order chi connectivity index (χ0) is 18.1. The molecule has 0 aliphatic carbocycles. The average molecular weight is 363 g/mol. The Bertz CT molecular complexity index is 1090. The molecule has 6 heteroatoms. The monoisotopic (exact) mass is 363 g/mol. The molecule has 0 aliphatic heterocycles. The smallest absolute Gasteiger partial charge is 0.148 e. The average Bonchev–Trinajstić information content (AvgIpc) is 3.08. The highest BCUT2D eigenvalue weighted by molar-refractivity contribution is 7.80. The van der Waals surface area contributed by atoms with E-state index in [9.17, 15) is 0 Å². The van der Waals surface area contributed by atoms with E-state index in [1.54, 1.807) is 18.9 Å². The number of rotatable bonds is 4. The van der Waals surface area contributed by atoms with E-state index in [1.165, 1.54) is 0 Å². The van der Waals surface area contributed by atoms with Gasteiger partial charge in [-0.1, -0.05) is 47.7 Å². The van der Waals surface area contributed by atoms with Crippen LogP contribution in [0, 0.1) is 0 Å². The third-order valence-corrected chi connectivity index (χ3v) is 4.61. The number of nitrogens with zero attached hydrogens (tertiary/aromatic N) is 3. The molecule has 0 atom stereocenters. The molecule has 0 amide bonds. The van der Waals surface area contributed by atoms with Crippen LogP contribution in [0.1, 0.15) is 0 Å². The first kappa shape index (κ1) is 16.5. The zero-order valence-corrected chi connectivity index (χ0v) is 15.3. The Morgan fingerprint density at radius 3 is 2.54 bits per heavy atom. The minimum atomic E-state index is 0.555. The summed E-state index contributed by atoms with van der Waals surface area (Å²) in [4.78, 5) is 0. The molecule has 1 aromatic heterocycles. The summed E-state index contributed by atoms with van der Waals surface area (Å²) >= 11 is 4.55. The molecule has 0 saturated heterocycles. The predicted molar refractivity (Wildman–Crippen MR) is 105 cm³/mol. The fraction of sp³-hybridized carbons (Fsp3) is 0.100. The summed E-state index contributed by atoms with van der Waals surface area (Å²) in [5, 5.41) is 11.3. The van der Waals surface area contributed by atoms with Crippen molar-refractivity contribution in [3.05, 3.63) is 60.7 Å². The molecule has 0 unspecified atom stereocenters. The molecule has 3 aromatic carbocycles. The minimum Gasteiger partial charge on any atom is -0.497 e. The van der Waals surface area contributed by atoms with Gasteiger partial charge in [0.2, 0.25) is 0 Å². The van der Waals surface area contributed by atoms with Crippen molar-refractivity contribution in [3.8, 4) is 28.4 Å². The SMILES string of the molecule is COc1ccc(-n2nnc(S)c2-c2cccc3ccccc23)c(OC)c1. The van der Waals surface area contributed by atoms with Crippen LogP contribution in [0.3, 0.4) is 0 Å². The largest absolute Gasteiger partial charge is 0.497 e. The Morgan fingerprint density at radius 1 is 0.923 bits per heavy atom. The van der Waals surface area contributed by atoms with Crippen molar-refractivity contribution in [3.63, 3.8) is 0 Å². The van der Waals surface area contributed by atoms with Crippen LogP contribution in [-0.2, 0) is 0 Å². The predicted octanol–water partition coefficient (Wildman–Crippen LogP) is 4.39. The van der Waals surface area contributed by atoms with Gasteiger partial charge in [-0.25, -0.2) is 4.68 Å². The van der Waals surface area contributed by atoms with Crippen LogP contribution in [0.25, 0.3) is 27.7 Å². The lowest BCUT2D eigenvalue weighted by molar-refractivity contribution is 0.392. The van der Waals surface area contributed by atoms with Gasteiger partial charge < -0.3 is 9.47 Å². The van der Waals surface area contributed by atoms with Crippen molar-refractivity contribution in [2.24, 2.45) is 0 Å². The standard InChI is InChI=1S/C20H17N3O2S/c1-24-14-10-11-17(18(12-14)25-2)23-19(20(26)21-22-23)16-9-5-7-13-6-3-4-8-15(13)16/h3-12,26H,1-2H3. The Morgan fingerprint density at radius 2 is 1.73 bits per heavy atom. The highest BCUT2D eigenvalue weighted by Gasteiger charge is 2.19. The van der Waals surface area contributed by atoms with E-state index in [0.717, 1.165) is 27.7 Å². The number of aromatic nitrogens is 3. The van der Waals surface area contributed by atoms with E-state index < -0.39 is 0 Å². The first-order valence-electron chi connectivity index (χ1n) is 8.08. The molecule has 4 aromatic rings. The fourth-order valence-corrected chi connectivity index (χ4v) is 3.32. The summed E-state index contributed by atoms with van der Waals surface area (Å²) in [7, 11) is 3.24. The van der Waals surface area contributed by atoms with E-state index in [4.69, 9.17) is 9.47 Å². The van der Waals surface area contributed by atoms with Crippen LogP contribution in [0.5, 0.6) is 11.5 Å². The summed E-state index contributed by atoms with van der Waals surface area (Å²) in [6.45, 7) is 0. The van der Waals surface area contributed by atoms with Crippen molar-refractivity contribution in [2.45, 2.75) is 5.03 Å². The lowest BCUT2D eigenvalue weighted by Gasteiger charge is -2.13. The molecule has 0 N–H and O–H groups in total. The molecular weight excluding hydrogens is 346 g/mol. The Balaban J connectivity index is 1.98. The molecule has 0 radical (unpaired) electrons. The summed E-state index contributed by atoms with van der Waals surface area (Å²) < 4.78 is 12.6. The second-order valence-corrected chi connectivity index (χ2v) is 6.16. The van der Waals surface area contributed by atoms with Crippen molar-refractivity contribution in [2.75, 3.05) is 14.2 Å². The first-order chi connectivity index (χ1) is 12.7. The van der Waals surface area contributed by atoms with Crippen LogP contribution >= 0.6 is 12.6 Å². The van der Waals surface area contributed by atoms with Gasteiger partial charge in [0.15, 0.2) is 0 Å². The van der Waals surface area contributed by atoms with Gasteiger partial charge in [-0.05, 0) is 22.9 Å². The lowest BCUT2D eigenvalue weighted by atomic mass is 10.0. The van der Waals surface area contributed by atoms with Crippen molar-refractivity contribution >= 4 is 23.4 Å². The number of hydrogen-bond donors (Lipinski definition) is 1. The summed E-state index contributed by atoms with van der Waals surface area (Å²) in [6, 6.07) is 19.9. The number of thiol groups is 1. The fourth-order valence-electron chi connectivity index (χ4n) is 3.07. The lowest BCUT2D eigenvalue weighted by Crippen LogP contribution is -2.03. The maximum absolute atomic E-state index is 5.54. The maximum atomic E-state index is 5.54. The second kappa shape index (κ2) is 6.72. The van der Waals surface area contributed by atoms with Gasteiger partial charge in [-0.3, -0.25) is 0 Å². The summed E-state index contributed by atoms with van der Waals surface area (Å²) in [5.41, 5.74) is 2.59. The van der Waals surface area contributed by atoms with Crippen LogP contribution in [-0.4, -0.2) is 29.2 Å². The number of methoxy groups -OCH3 is 2. The number of fused-ring (bicyclic) bond motifs is 1. The molecule has 26 heavy (non-hydrogen) atoms. The Kier molecular flexibility index (Phi) is 4.26. The van der Waals surface area contributed by atoms with Crippen LogP contribution < -0.4 is 9.47 Å². The molecule has 0 bridgehead atoms. The molecule has 4 rings (SSSR count). The molecule has 0 aliphatic rings. The van der Waals surface area contributed by atoms with Gasteiger partial charge in [0, 0.05) is 11.6 Å². The van der Waals surface area contributed by atoms with Crippen LogP contribution in [0.2, 0.25) is 0 Å². The molecule has 0 fully saturated rings. The van der Waals surface area contributed by atoms with Gasteiger partial charge in [-0.15, -0.1) is 17.7 Å². The molecule has 0 spiro atoms. The van der Waals surface area contributed by atoms with Gasteiger partial charge in [0.05, 0.1) is 14.2 Å². The van der Waals surface area contributed by atoms with Crippen LogP contribution in [0.15, 0.2) is 65.7 Å². The van der Waals surface area contributed by atoms with E-state index in [0.29, 0.717) is 16.5 Å². The third kappa shape index (κ3) is 2.68. The first-order valence-corrected chi connectivity index (χ1v) is 8.53. The van der Waals surface area contributed by atoms with Gasteiger partial charge in [0.25, 0.3) is 0 Å². The third-order valence-electron chi connectivity index (χ3n) is 4.31. The molecule has 130 valence electrons. The second-order valence-electron chi connectivity index (χ2n) is 5.74. The molecule has 5 nitrogen and oxygen atoms in total. The van der Waals surface area contributed by atoms with Crippen molar-refractivity contribution < 1.29 is 9.47 Å². The van der Waals surface area contributed by atoms with Gasteiger partial charge in [-0.2, -0.15) is 0 Å². The van der Waals surface area contributed by atoms with Gasteiger partial charge in [0.1, 0.15) is 27.9 Å². The molecule has 1 heterocycles. The summed E-state index contributed by atoms with van der Waals surface area (Å²) in [6.07, 6.45) is 0. The van der Waals surface area contributed by atoms with Crippen molar-refractivity contribution in [1.29, 1.82) is 0 Å². The zero-order valence-electron chi connectivity index (χ0n) is 14.4. The van der Waals surface area contributed by atoms with E-state index in [1.807, 2.05) is 42.5 Å². The highest BCUT2D eigenvalue weighted by Crippen LogP contribution is 2.36. The highest BCUT2D eigenvalue weighted by atomic mass is 32.1.